The summed E-state index contributed by atoms with van der Waals surface area (Å²) in [7, 11) is 0. The normalized spacial score (nSPS) is 12.0. The summed E-state index contributed by atoms with van der Waals surface area (Å²) in [6.45, 7) is 6.39. The number of halogens is 1. The zero-order chi connectivity index (χ0) is 15.7. The molecule has 3 aromatic rings. The number of thiazole rings is 1. The third-order valence-electron chi connectivity index (χ3n) is 3.89. The van der Waals surface area contributed by atoms with Gasteiger partial charge in [0, 0.05) is 6.20 Å². The van der Waals surface area contributed by atoms with Gasteiger partial charge in [-0.2, -0.15) is 0 Å². The van der Waals surface area contributed by atoms with E-state index in [0.717, 1.165) is 33.8 Å². The fourth-order valence-electron chi connectivity index (χ4n) is 2.51. The van der Waals surface area contributed by atoms with Gasteiger partial charge in [-0.3, -0.25) is 4.98 Å². The molecular formula is C18H19FN2S. The number of fused-ring (bicyclic) bond motifs is 1. The molecule has 0 saturated carbocycles. The van der Waals surface area contributed by atoms with Crippen LogP contribution in [0.1, 0.15) is 43.5 Å². The van der Waals surface area contributed by atoms with Gasteiger partial charge in [-0.15, -0.1) is 11.3 Å². The lowest BCUT2D eigenvalue weighted by atomic mass is 9.89. The van der Waals surface area contributed by atoms with Crippen LogP contribution in [0.3, 0.4) is 0 Å². The Kier molecular flexibility index (Phi) is 3.96. The maximum Gasteiger partial charge on any atom is 0.124 e. The van der Waals surface area contributed by atoms with E-state index in [1.165, 1.54) is 23.0 Å². The van der Waals surface area contributed by atoms with Crippen LogP contribution in [0.15, 0.2) is 36.5 Å². The Balaban J connectivity index is 1.99. The van der Waals surface area contributed by atoms with E-state index in [-0.39, 0.29) is 11.2 Å². The molecule has 0 spiro atoms. The van der Waals surface area contributed by atoms with E-state index in [1.807, 2.05) is 6.20 Å². The Labute approximate surface area is 134 Å². The lowest BCUT2D eigenvalue weighted by Crippen LogP contribution is -2.20. The third kappa shape index (κ3) is 2.75. The largest absolute Gasteiger partial charge is 0.260 e. The Bertz CT molecular complexity index is 790. The average Bonchev–Trinajstić information content (AvgIpc) is 2.92. The SMILES string of the molecule is CCCc1ccc(C(C)(C)c2nc3ccc(F)cc3s2)nc1. The second kappa shape index (κ2) is 5.76. The molecule has 0 aliphatic rings. The summed E-state index contributed by atoms with van der Waals surface area (Å²) in [6, 6.07) is 8.96. The Morgan fingerprint density at radius 2 is 2.00 bits per heavy atom. The van der Waals surface area contributed by atoms with Gasteiger partial charge in [-0.25, -0.2) is 9.37 Å². The van der Waals surface area contributed by atoms with Gasteiger partial charge in [0.05, 0.1) is 21.3 Å². The maximum absolute atomic E-state index is 13.3. The topological polar surface area (TPSA) is 25.8 Å². The van der Waals surface area contributed by atoms with Gasteiger partial charge in [-0.1, -0.05) is 19.4 Å². The molecule has 0 bridgehead atoms. The van der Waals surface area contributed by atoms with E-state index in [9.17, 15) is 4.39 Å². The van der Waals surface area contributed by atoms with Gasteiger partial charge >= 0.3 is 0 Å². The van der Waals surface area contributed by atoms with Crippen molar-refractivity contribution in [1.29, 1.82) is 0 Å². The van der Waals surface area contributed by atoms with Crippen molar-refractivity contribution in [2.24, 2.45) is 0 Å². The Morgan fingerprint density at radius 1 is 1.18 bits per heavy atom. The van der Waals surface area contributed by atoms with Crippen LogP contribution in [0, 0.1) is 5.82 Å². The standard InChI is InChI=1S/C18H19FN2S/c1-4-5-12-6-9-16(20-11-12)18(2,3)17-21-14-8-7-13(19)10-15(14)22-17/h6-11H,4-5H2,1-3H3. The number of pyridine rings is 1. The Morgan fingerprint density at radius 3 is 2.68 bits per heavy atom. The van der Waals surface area contributed by atoms with Crippen LogP contribution in [-0.2, 0) is 11.8 Å². The first-order valence-corrected chi connectivity index (χ1v) is 8.34. The lowest BCUT2D eigenvalue weighted by molar-refractivity contribution is 0.612. The highest BCUT2D eigenvalue weighted by molar-refractivity contribution is 7.18. The van der Waals surface area contributed by atoms with Crippen LogP contribution >= 0.6 is 11.3 Å². The summed E-state index contributed by atoms with van der Waals surface area (Å²) in [5.41, 5.74) is 2.81. The minimum Gasteiger partial charge on any atom is -0.260 e. The van der Waals surface area contributed by atoms with E-state index in [0.29, 0.717) is 0 Å². The van der Waals surface area contributed by atoms with Crippen LogP contribution in [0.5, 0.6) is 0 Å². The van der Waals surface area contributed by atoms with Gasteiger partial charge in [0.15, 0.2) is 0 Å². The minimum absolute atomic E-state index is 0.220. The lowest BCUT2D eigenvalue weighted by Gasteiger charge is -2.21. The highest BCUT2D eigenvalue weighted by atomic mass is 32.1. The second-order valence-electron chi connectivity index (χ2n) is 6.06. The zero-order valence-electron chi connectivity index (χ0n) is 13.1. The number of aromatic nitrogens is 2. The quantitative estimate of drug-likeness (QED) is 0.669. The zero-order valence-corrected chi connectivity index (χ0v) is 13.9. The maximum atomic E-state index is 13.3. The van der Waals surface area contributed by atoms with Crippen molar-refractivity contribution in [3.05, 3.63) is 58.6 Å². The molecule has 3 rings (SSSR count). The van der Waals surface area contributed by atoms with Crippen molar-refractivity contribution in [2.45, 2.75) is 39.0 Å². The highest BCUT2D eigenvalue weighted by Crippen LogP contribution is 2.35. The molecule has 2 heterocycles. The van der Waals surface area contributed by atoms with E-state index < -0.39 is 0 Å². The van der Waals surface area contributed by atoms with Crippen molar-refractivity contribution in [3.8, 4) is 0 Å². The highest BCUT2D eigenvalue weighted by Gasteiger charge is 2.28. The van der Waals surface area contributed by atoms with Crippen molar-refractivity contribution in [2.75, 3.05) is 0 Å². The van der Waals surface area contributed by atoms with Crippen molar-refractivity contribution in [3.63, 3.8) is 0 Å². The van der Waals surface area contributed by atoms with Crippen molar-refractivity contribution < 1.29 is 4.39 Å². The number of benzene rings is 1. The van der Waals surface area contributed by atoms with Gasteiger partial charge in [0.25, 0.3) is 0 Å². The molecule has 0 aliphatic carbocycles. The molecule has 0 aliphatic heterocycles. The molecule has 2 nitrogen and oxygen atoms in total. The molecule has 2 aromatic heterocycles. The summed E-state index contributed by atoms with van der Waals surface area (Å²) < 4.78 is 14.2. The predicted molar refractivity (Wildman–Crippen MR) is 89.9 cm³/mol. The van der Waals surface area contributed by atoms with Crippen LogP contribution in [0.4, 0.5) is 4.39 Å². The fourth-order valence-corrected chi connectivity index (χ4v) is 3.61. The molecule has 114 valence electrons. The fraction of sp³-hybridized carbons (Fsp3) is 0.333. The third-order valence-corrected chi connectivity index (χ3v) is 5.23. The molecule has 0 fully saturated rings. The van der Waals surface area contributed by atoms with E-state index in [2.05, 4.69) is 42.9 Å². The van der Waals surface area contributed by atoms with Crippen LogP contribution in [0.2, 0.25) is 0 Å². The first-order valence-electron chi connectivity index (χ1n) is 7.52. The molecule has 1 aromatic carbocycles. The molecule has 22 heavy (non-hydrogen) atoms. The smallest absolute Gasteiger partial charge is 0.124 e. The van der Waals surface area contributed by atoms with E-state index in [1.54, 1.807) is 12.1 Å². The number of nitrogens with zero attached hydrogens (tertiary/aromatic N) is 2. The molecule has 0 atom stereocenters. The summed E-state index contributed by atoms with van der Waals surface area (Å²) in [5, 5.41) is 0.962. The molecule has 0 N–H and O–H groups in total. The van der Waals surface area contributed by atoms with Crippen molar-refractivity contribution >= 4 is 21.6 Å². The van der Waals surface area contributed by atoms with Gasteiger partial charge in [0.2, 0.25) is 0 Å². The molecule has 0 amide bonds. The first kappa shape index (κ1) is 15.1. The van der Waals surface area contributed by atoms with Crippen molar-refractivity contribution in [1.82, 2.24) is 9.97 Å². The molecule has 0 radical (unpaired) electrons. The molecule has 0 saturated heterocycles. The monoisotopic (exact) mass is 314 g/mol. The molecule has 4 heteroatoms. The van der Waals surface area contributed by atoms with Crippen LogP contribution in [0.25, 0.3) is 10.2 Å². The van der Waals surface area contributed by atoms with Gasteiger partial charge in [0.1, 0.15) is 10.8 Å². The first-order chi connectivity index (χ1) is 10.5. The Hall–Kier alpha value is -1.81. The van der Waals surface area contributed by atoms with E-state index >= 15 is 0 Å². The van der Waals surface area contributed by atoms with E-state index in [4.69, 9.17) is 0 Å². The van der Waals surface area contributed by atoms with Crippen LogP contribution < -0.4 is 0 Å². The minimum atomic E-state index is -0.287. The number of hydrogen-bond acceptors (Lipinski definition) is 3. The summed E-state index contributed by atoms with van der Waals surface area (Å²) in [4.78, 5) is 9.30. The molecular weight excluding hydrogens is 295 g/mol. The van der Waals surface area contributed by atoms with Gasteiger partial charge < -0.3 is 0 Å². The number of aryl methyl sites for hydroxylation is 1. The number of hydrogen-bond donors (Lipinski definition) is 0. The number of rotatable bonds is 4. The average molecular weight is 314 g/mol. The summed E-state index contributed by atoms with van der Waals surface area (Å²) >= 11 is 1.54. The molecule has 0 unspecified atom stereocenters. The van der Waals surface area contributed by atoms with Crippen LogP contribution in [-0.4, -0.2) is 9.97 Å². The van der Waals surface area contributed by atoms with Gasteiger partial charge in [-0.05, 0) is 50.1 Å². The summed E-state index contributed by atoms with van der Waals surface area (Å²) in [5.74, 6) is -0.220. The summed E-state index contributed by atoms with van der Waals surface area (Å²) in [6.07, 6.45) is 4.12. The second-order valence-corrected chi connectivity index (χ2v) is 7.09. The predicted octanol–water partition coefficient (Wildman–Crippen LogP) is 5.11.